The van der Waals surface area contributed by atoms with Crippen molar-refractivity contribution in [2.75, 3.05) is 0 Å². The molecule has 0 spiro atoms. The van der Waals surface area contributed by atoms with Gasteiger partial charge >= 0.3 is 0 Å². The summed E-state index contributed by atoms with van der Waals surface area (Å²) >= 11 is 0. The van der Waals surface area contributed by atoms with Gasteiger partial charge in [-0.3, -0.25) is 4.79 Å². The van der Waals surface area contributed by atoms with E-state index >= 15 is 0 Å². The van der Waals surface area contributed by atoms with Gasteiger partial charge in [-0.15, -0.1) is 11.8 Å². The Balaban J connectivity index is 2.23. The molecule has 1 amide bonds. The van der Waals surface area contributed by atoms with Gasteiger partial charge in [-0.25, -0.2) is 0 Å². The standard InChI is InChI=1S/C11H19NOSi/c1-14(2,3)9-5-4-6-10-7-8-11(13)12-10/h10H,6-9H2,1-3H3,(H,12,13)/t10-/m1/s1. The Hall–Kier alpha value is -0.753. The maximum Gasteiger partial charge on any atom is 0.220 e. The molecule has 1 N–H and O–H groups in total. The number of hydrogen-bond acceptors (Lipinski definition) is 1. The van der Waals surface area contributed by atoms with Crippen molar-refractivity contribution in [1.29, 1.82) is 0 Å². The molecule has 1 heterocycles. The minimum Gasteiger partial charge on any atom is -0.352 e. The van der Waals surface area contributed by atoms with E-state index in [0.29, 0.717) is 12.5 Å². The smallest absolute Gasteiger partial charge is 0.220 e. The number of carbonyl (C=O) groups excluding carboxylic acids is 1. The van der Waals surface area contributed by atoms with E-state index in [0.717, 1.165) is 18.9 Å². The molecule has 1 aliphatic heterocycles. The van der Waals surface area contributed by atoms with Gasteiger partial charge in [-0.1, -0.05) is 19.6 Å². The van der Waals surface area contributed by atoms with Crippen LogP contribution in [0.2, 0.25) is 25.7 Å². The molecule has 0 saturated carbocycles. The van der Waals surface area contributed by atoms with E-state index < -0.39 is 8.07 Å². The molecule has 0 unspecified atom stereocenters. The third-order valence-corrected chi connectivity index (χ3v) is 3.41. The van der Waals surface area contributed by atoms with Crippen molar-refractivity contribution in [2.24, 2.45) is 0 Å². The zero-order valence-electron chi connectivity index (χ0n) is 9.31. The monoisotopic (exact) mass is 209 g/mol. The van der Waals surface area contributed by atoms with Crippen molar-refractivity contribution >= 4 is 14.0 Å². The first-order chi connectivity index (χ1) is 6.47. The second kappa shape index (κ2) is 4.65. The lowest BCUT2D eigenvalue weighted by atomic mass is 10.2. The Kier molecular flexibility index (Phi) is 3.76. The lowest BCUT2D eigenvalue weighted by molar-refractivity contribution is -0.119. The Morgan fingerprint density at radius 1 is 1.43 bits per heavy atom. The van der Waals surface area contributed by atoms with Crippen molar-refractivity contribution in [1.82, 2.24) is 5.32 Å². The molecule has 3 heteroatoms. The highest BCUT2D eigenvalue weighted by Crippen LogP contribution is 2.10. The molecule has 0 aromatic heterocycles. The molecule has 1 rings (SSSR count). The van der Waals surface area contributed by atoms with Crippen molar-refractivity contribution < 1.29 is 4.79 Å². The molecule has 0 radical (unpaired) electrons. The lowest BCUT2D eigenvalue weighted by Crippen LogP contribution is -2.24. The van der Waals surface area contributed by atoms with E-state index in [1.54, 1.807) is 0 Å². The lowest BCUT2D eigenvalue weighted by Gasteiger charge is -2.09. The maximum atomic E-state index is 10.9. The van der Waals surface area contributed by atoms with Gasteiger partial charge in [0, 0.05) is 24.9 Å². The highest BCUT2D eigenvalue weighted by atomic mass is 28.3. The van der Waals surface area contributed by atoms with E-state index in [1.165, 1.54) is 0 Å². The van der Waals surface area contributed by atoms with E-state index in [2.05, 4.69) is 36.8 Å². The van der Waals surface area contributed by atoms with Gasteiger partial charge < -0.3 is 5.32 Å². The summed E-state index contributed by atoms with van der Waals surface area (Å²) in [6, 6.07) is 1.38. The van der Waals surface area contributed by atoms with Gasteiger partial charge in [0.25, 0.3) is 0 Å². The topological polar surface area (TPSA) is 29.1 Å². The van der Waals surface area contributed by atoms with Crippen LogP contribution in [0.3, 0.4) is 0 Å². The van der Waals surface area contributed by atoms with E-state index in [4.69, 9.17) is 0 Å². The molecule has 0 bridgehead atoms. The maximum absolute atomic E-state index is 10.9. The summed E-state index contributed by atoms with van der Waals surface area (Å²) in [5.41, 5.74) is 0. The van der Waals surface area contributed by atoms with Crippen LogP contribution in [-0.2, 0) is 4.79 Å². The molecule has 2 nitrogen and oxygen atoms in total. The minimum absolute atomic E-state index is 0.182. The fraction of sp³-hybridized carbons (Fsp3) is 0.727. The highest BCUT2D eigenvalue weighted by Gasteiger charge is 2.19. The fourth-order valence-corrected chi connectivity index (χ4v) is 2.01. The number of hydrogen-bond donors (Lipinski definition) is 1. The summed E-state index contributed by atoms with van der Waals surface area (Å²) in [6.07, 6.45) is 2.47. The van der Waals surface area contributed by atoms with Crippen LogP contribution >= 0.6 is 0 Å². The van der Waals surface area contributed by atoms with Gasteiger partial charge in [0.2, 0.25) is 5.91 Å². The van der Waals surface area contributed by atoms with Gasteiger partial charge in [0.1, 0.15) is 0 Å². The Labute approximate surface area is 87.5 Å². The van der Waals surface area contributed by atoms with Gasteiger partial charge in [0.15, 0.2) is 0 Å². The molecule has 0 aromatic rings. The van der Waals surface area contributed by atoms with Crippen LogP contribution in [0.25, 0.3) is 0 Å². The van der Waals surface area contributed by atoms with Crippen molar-refractivity contribution in [3.8, 4) is 11.8 Å². The number of rotatable bonds is 2. The van der Waals surface area contributed by atoms with E-state index in [-0.39, 0.29) is 5.91 Å². The summed E-state index contributed by atoms with van der Waals surface area (Å²) in [5, 5.41) is 2.92. The van der Waals surface area contributed by atoms with Gasteiger partial charge in [-0.05, 0) is 6.42 Å². The first-order valence-corrected chi connectivity index (χ1v) is 8.93. The van der Waals surface area contributed by atoms with Crippen LogP contribution in [0.15, 0.2) is 0 Å². The highest BCUT2D eigenvalue weighted by molar-refractivity contribution is 6.76. The predicted molar refractivity (Wildman–Crippen MR) is 61.7 cm³/mol. The molecule has 1 atom stereocenters. The molecular formula is C11H19NOSi. The first-order valence-electron chi connectivity index (χ1n) is 5.22. The largest absolute Gasteiger partial charge is 0.352 e. The summed E-state index contributed by atoms with van der Waals surface area (Å²) in [6.45, 7) is 6.96. The van der Waals surface area contributed by atoms with Crippen LogP contribution in [0.1, 0.15) is 19.3 Å². The van der Waals surface area contributed by atoms with Crippen molar-refractivity contribution in [2.45, 2.75) is 51.0 Å². The normalized spacial score (nSPS) is 21.4. The quantitative estimate of drug-likeness (QED) is 0.547. The second-order valence-corrected chi connectivity index (χ2v) is 10.6. The zero-order chi connectivity index (χ0) is 10.6. The van der Waals surface area contributed by atoms with Crippen LogP contribution < -0.4 is 5.32 Å². The third kappa shape index (κ3) is 4.47. The molecule has 14 heavy (non-hydrogen) atoms. The summed E-state index contributed by atoms with van der Waals surface area (Å²) in [5.74, 6) is 6.58. The minimum atomic E-state index is -1.01. The third-order valence-electron chi connectivity index (χ3n) is 2.18. The van der Waals surface area contributed by atoms with Gasteiger partial charge in [0.05, 0.1) is 8.07 Å². The first kappa shape index (κ1) is 11.3. The Morgan fingerprint density at radius 3 is 2.64 bits per heavy atom. The summed E-state index contributed by atoms with van der Waals surface area (Å²) in [4.78, 5) is 10.9. The number of carbonyl (C=O) groups is 1. The molecule has 0 aromatic carbocycles. The van der Waals surface area contributed by atoms with E-state index in [1.807, 2.05) is 0 Å². The predicted octanol–water partition coefficient (Wildman–Crippen LogP) is 2.00. The average molecular weight is 209 g/mol. The molecule has 1 fully saturated rings. The SMILES string of the molecule is C[Si](C)(C)CC#CC[C@@H]1CCC(=O)N1. The van der Waals surface area contributed by atoms with E-state index in [9.17, 15) is 4.79 Å². The van der Waals surface area contributed by atoms with Crippen LogP contribution in [0, 0.1) is 11.8 Å². The molecule has 78 valence electrons. The van der Waals surface area contributed by atoms with Crippen molar-refractivity contribution in [3.05, 3.63) is 0 Å². The summed E-state index contributed by atoms with van der Waals surface area (Å²) in [7, 11) is -1.01. The molecule has 1 aliphatic rings. The number of nitrogens with one attached hydrogen (secondary N) is 1. The Morgan fingerprint density at radius 2 is 2.14 bits per heavy atom. The average Bonchev–Trinajstić information content (AvgIpc) is 2.44. The zero-order valence-corrected chi connectivity index (χ0v) is 10.3. The van der Waals surface area contributed by atoms with Crippen molar-refractivity contribution in [3.63, 3.8) is 0 Å². The number of amides is 1. The second-order valence-electron chi connectivity index (χ2n) is 5.10. The summed E-state index contributed by atoms with van der Waals surface area (Å²) < 4.78 is 0. The molecule has 0 aliphatic carbocycles. The molecular weight excluding hydrogens is 190 g/mol. The Bertz CT molecular complexity index is 269. The van der Waals surface area contributed by atoms with Gasteiger partial charge in [-0.2, -0.15) is 0 Å². The van der Waals surface area contributed by atoms with Crippen LogP contribution in [0.5, 0.6) is 0 Å². The van der Waals surface area contributed by atoms with Crippen LogP contribution in [-0.4, -0.2) is 20.0 Å². The van der Waals surface area contributed by atoms with Crippen LogP contribution in [0.4, 0.5) is 0 Å². The fourth-order valence-electron chi connectivity index (χ4n) is 1.35. The molecule has 1 saturated heterocycles.